The zero-order valence-corrected chi connectivity index (χ0v) is 8.74. The summed E-state index contributed by atoms with van der Waals surface area (Å²) in [6, 6.07) is 5.66. The highest BCUT2D eigenvalue weighted by Crippen LogP contribution is 2.30. The summed E-state index contributed by atoms with van der Waals surface area (Å²) in [6.07, 6.45) is 1.93. The van der Waals surface area contributed by atoms with Crippen molar-refractivity contribution in [3.8, 4) is 5.75 Å². The number of anilines is 1. The normalized spacial score (nSPS) is 14.8. The van der Waals surface area contributed by atoms with Crippen molar-refractivity contribution in [2.45, 2.75) is 0 Å². The molecule has 0 atom stereocenters. The van der Waals surface area contributed by atoms with Gasteiger partial charge in [-0.3, -0.25) is 5.01 Å². The smallest absolute Gasteiger partial charge is 0.151 e. The zero-order chi connectivity index (χ0) is 10.8. The van der Waals surface area contributed by atoms with Crippen molar-refractivity contribution in [3.63, 3.8) is 0 Å². The molecule has 0 bridgehead atoms. The lowest BCUT2D eigenvalue weighted by atomic mass is 10.1. The lowest BCUT2D eigenvalue weighted by molar-refractivity contribution is 0.330. The van der Waals surface area contributed by atoms with Crippen molar-refractivity contribution in [2.75, 3.05) is 19.9 Å². The number of nitrogens with zero attached hydrogens (tertiary/aromatic N) is 1. The van der Waals surface area contributed by atoms with Crippen LogP contribution in [0.5, 0.6) is 5.75 Å². The molecule has 0 radical (unpaired) electrons. The number of benzene rings is 1. The van der Waals surface area contributed by atoms with Crippen LogP contribution >= 0.6 is 0 Å². The number of para-hydroxylation sites is 1. The van der Waals surface area contributed by atoms with Crippen LogP contribution in [0.2, 0.25) is 0 Å². The molecule has 0 fully saturated rings. The highest BCUT2D eigenvalue weighted by molar-refractivity contribution is 5.75. The van der Waals surface area contributed by atoms with Crippen molar-refractivity contribution in [2.24, 2.45) is 0 Å². The lowest BCUT2D eigenvalue weighted by Crippen LogP contribution is -2.33. The van der Waals surface area contributed by atoms with Crippen LogP contribution in [0.25, 0.3) is 5.70 Å². The Morgan fingerprint density at radius 1 is 1.40 bits per heavy atom. The fourth-order valence-corrected chi connectivity index (χ4v) is 1.54. The van der Waals surface area contributed by atoms with Crippen molar-refractivity contribution < 1.29 is 4.74 Å². The summed E-state index contributed by atoms with van der Waals surface area (Å²) in [5, 5.41) is 1.82. The fraction of sp³-hybridized carbons (Fsp3) is 0.200. The first-order valence-corrected chi connectivity index (χ1v) is 4.61. The van der Waals surface area contributed by atoms with Gasteiger partial charge in [-0.15, -0.1) is 5.53 Å². The molecule has 0 saturated heterocycles. The molecule has 0 spiro atoms. The Hall–Kier alpha value is -1.88. The van der Waals surface area contributed by atoms with E-state index >= 15 is 0 Å². The van der Waals surface area contributed by atoms with Crippen LogP contribution in [0.15, 0.2) is 24.4 Å². The van der Waals surface area contributed by atoms with E-state index in [9.17, 15) is 0 Å². The maximum Gasteiger partial charge on any atom is 0.151 e. The molecule has 1 heterocycles. The molecule has 0 amide bonds. The van der Waals surface area contributed by atoms with Gasteiger partial charge in [0.1, 0.15) is 0 Å². The minimum Gasteiger partial charge on any atom is -0.494 e. The third-order valence-electron chi connectivity index (χ3n) is 2.23. The first kappa shape index (κ1) is 9.67. The number of rotatable bonds is 2. The number of nitrogens with two attached hydrogens (primary N) is 1. The summed E-state index contributed by atoms with van der Waals surface area (Å²) >= 11 is 0. The summed E-state index contributed by atoms with van der Waals surface area (Å²) in [6.45, 7) is 0. The number of nitrogen functional groups attached to an aromatic ring is 1. The molecule has 15 heavy (non-hydrogen) atoms. The molecule has 5 nitrogen and oxygen atoms in total. The number of hydrogen-bond donors (Lipinski definition) is 3. The van der Waals surface area contributed by atoms with Gasteiger partial charge < -0.3 is 15.9 Å². The molecule has 4 N–H and O–H groups in total. The van der Waals surface area contributed by atoms with Gasteiger partial charge in [0.25, 0.3) is 0 Å². The van der Waals surface area contributed by atoms with Crippen LogP contribution in [0.3, 0.4) is 0 Å². The third-order valence-corrected chi connectivity index (χ3v) is 2.23. The zero-order valence-electron chi connectivity index (χ0n) is 8.74. The standard InChI is InChI=1S/C10H14N4O/c1-14-6-9(12-13-14)7-4-3-5-8(11)10(7)15-2/h3-6,12-13H,11H2,1-2H3. The van der Waals surface area contributed by atoms with E-state index in [0.29, 0.717) is 11.4 Å². The van der Waals surface area contributed by atoms with Crippen LogP contribution in [0.1, 0.15) is 5.56 Å². The van der Waals surface area contributed by atoms with E-state index in [1.165, 1.54) is 0 Å². The Morgan fingerprint density at radius 3 is 2.80 bits per heavy atom. The minimum absolute atomic E-state index is 0.632. The Balaban J connectivity index is 2.44. The highest BCUT2D eigenvalue weighted by atomic mass is 16.5. The summed E-state index contributed by atoms with van der Waals surface area (Å²) < 4.78 is 5.27. The minimum atomic E-state index is 0.632. The molecule has 0 aliphatic carbocycles. The Labute approximate surface area is 88.4 Å². The number of nitrogens with one attached hydrogen (secondary N) is 2. The van der Waals surface area contributed by atoms with Crippen molar-refractivity contribution in [1.82, 2.24) is 16.0 Å². The Morgan fingerprint density at radius 2 is 2.20 bits per heavy atom. The third kappa shape index (κ3) is 1.69. The maximum absolute atomic E-state index is 5.82. The lowest BCUT2D eigenvalue weighted by Gasteiger charge is -2.11. The van der Waals surface area contributed by atoms with Crippen LogP contribution in [0.4, 0.5) is 5.69 Å². The van der Waals surface area contributed by atoms with Crippen LogP contribution in [-0.2, 0) is 0 Å². The monoisotopic (exact) mass is 206 g/mol. The average Bonchev–Trinajstić information content (AvgIpc) is 2.64. The first-order valence-electron chi connectivity index (χ1n) is 4.61. The van der Waals surface area contributed by atoms with Crippen molar-refractivity contribution >= 4 is 11.4 Å². The number of hydrogen-bond acceptors (Lipinski definition) is 5. The van der Waals surface area contributed by atoms with Gasteiger partial charge >= 0.3 is 0 Å². The van der Waals surface area contributed by atoms with Crippen molar-refractivity contribution in [3.05, 3.63) is 30.0 Å². The van der Waals surface area contributed by atoms with E-state index in [1.54, 1.807) is 7.11 Å². The van der Waals surface area contributed by atoms with Crippen LogP contribution in [-0.4, -0.2) is 19.2 Å². The molecule has 1 aromatic carbocycles. The first-order chi connectivity index (χ1) is 7.22. The molecular weight excluding hydrogens is 192 g/mol. The summed E-state index contributed by atoms with van der Waals surface area (Å²) in [5.41, 5.74) is 14.3. The molecule has 1 aliphatic heterocycles. The highest BCUT2D eigenvalue weighted by Gasteiger charge is 2.15. The fourth-order valence-electron chi connectivity index (χ4n) is 1.54. The summed E-state index contributed by atoms with van der Waals surface area (Å²) in [5.74, 6) is 0.688. The second-order valence-corrected chi connectivity index (χ2v) is 3.32. The van der Waals surface area contributed by atoms with E-state index in [1.807, 2.05) is 36.5 Å². The summed E-state index contributed by atoms with van der Waals surface area (Å²) in [7, 11) is 3.51. The Kier molecular flexibility index (Phi) is 2.39. The van der Waals surface area contributed by atoms with E-state index < -0.39 is 0 Å². The van der Waals surface area contributed by atoms with Crippen molar-refractivity contribution in [1.29, 1.82) is 0 Å². The molecule has 1 aromatic rings. The van der Waals surface area contributed by atoms with Gasteiger partial charge in [0.2, 0.25) is 0 Å². The molecule has 2 rings (SSSR count). The van der Waals surface area contributed by atoms with Gasteiger partial charge in [-0.05, 0) is 12.1 Å². The van der Waals surface area contributed by atoms with E-state index in [4.69, 9.17) is 10.5 Å². The number of methoxy groups -OCH3 is 1. The largest absolute Gasteiger partial charge is 0.494 e. The second-order valence-electron chi connectivity index (χ2n) is 3.32. The molecule has 80 valence electrons. The van der Waals surface area contributed by atoms with Gasteiger partial charge in [-0.1, -0.05) is 6.07 Å². The SMILES string of the molecule is COc1c(N)cccc1C1=CN(C)NN1. The molecule has 0 aromatic heterocycles. The van der Waals surface area contributed by atoms with E-state index in [2.05, 4.69) is 11.0 Å². The topological polar surface area (TPSA) is 62.6 Å². The second kappa shape index (κ2) is 3.70. The van der Waals surface area contributed by atoms with Gasteiger partial charge in [-0.25, -0.2) is 0 Å². The van der Waals surface area contributed by atoms with Gasteiger partial charge in [-0.2, -0.15) is 0 Å². The maximum atomic E-state index is 5.82. The van der Waals surface area contributed by atoms with Gasteiger partial charge in [0, 0.05) is 18.8 Å². The molecular formula is C10H14N4O. The predicted molar refractivity (Wildman–Crippen MR) is 59.4 cm³/mol. The van der Waals surface area contributed by atoms with E-state index in [0.717, 1.165) is 11.3 Å². The van der Waals surface area contributed by atoms with Crippen LogP contribution < -0.4 is 21.4 Å². The Bertz CT molecular complexity index is 402. The molecule has 0 saturated carbocycles. The predicted octanol–water partition coefficient (Wildman–Crippen LogP) is 0.530. The molecule has 5 heteroatoms. The van der Waals surface area contributed by atoms with Gasteiger partial charge in [0.15, 0.2) is 5.75 Å². The number of hydrazine groups is 2. The molecule has 0 unspecified atom stereocenters. The summed E-state index contributed by atoms with van der Waals surface area (Å²) in [4.78, 5) is 0. The van der Waals surface area contributed by atoms with E-state index in [-0.39, 0.29) is 0 Å². The van der Waals surface area contributed by atoms with Gasteiger partial charge in [0.05, 0.1) is 18.5 Å². The quantitative estimate of drug-likeness (QED) is 0.616. The van der Waals surface area contributed by atoms with Crippen LogP contribution in [0, 0.1) is 0 Å². The number of ether oxygens (including phenoxy) is 1. The molecule has 1 aliphatic rings. The average molecular weight is 206 g/mol.